The Labute approximate surface area is 103 Å². The SMILES string of the molecule is CCS[C@@H]1CC[C@H](NC[C@H]2CCSC2)C1. The van der Waals surface area contributed by atoms with Gasteiger partial charge in [-0.3, -0.25) is 0 Å². The van der Waals surface area contributed by atoms with E-state index >= 15 is 0 Å². The summed E-state index contributed by atoms with van der Waals surface area (Å²) in [4.78, 5) is 0. The number of hydrogen-bond acceptors (Lipinski definition) is 3. The third kappa shape index (κ3) is 3.86. The highest BCUT2D eigenvalue weighted by molar-refractivity contribution is 7.99. The maximum atomic E-state index is 3.79. The van der Waals surface area contributed by atoms with E-state index in [2.05, 4.69) is 35.8 Å². The summed E-state index contributed by atoms with van der Waals surface area (Å²) >= 11 is 4.29. The molecule has 2 fully saturated rings. The van der Waals surface area contributed by atoms with Crippen molar-refractivity contribution in [3.05, 3.63) is 0 Å². The molecule has 3 heteroatoms. The van der Waals surface area contributed by atoms with Gasteiger partial charge >= 0.3 is 0 Å². The van der Waals surface area contributed by atoms with E-state index in [0.717, 1.165) is 17.2 Å². The van der Waals surface area contributed by atoms with Crippen LogP contribution in [0.4, 0.5) is 0 Å². The van der Waals surface area contributed by atoms with Gasteiger partial charge in [0.25, 0.3) is 0 Å². The summed E-state index contributed by atoms with van der Waals surface area (Å²) in [7, 11) is 0. The molecule has 2 aliphatic rings. The van der Waals surface area contributed by atoms with Crippen molar-refractivity contribution in [1.82, 2.24) is 5.32 Å². The second-order valence-corrected chi connectivity index (χ2v) is 7.45. The van der Waals surface area contributed by atoms with Gasteiger partial charge in [0, 0.05) is 11.3 Å². The van der Waals surface area contributed by atoms with Crippen molar-refractivity contribution in [2.45, 2.75) is 43.9 Å². The van der Waals surface area contributed by atoms with Crippen molar-refractivity contribution < 1.29 is 0 Å². The minimum atomic E-state index is 0.833. The van der Waals surface area contributed by atoms with E-state index in [1.807, 2.05) is 0 Å². The first kappa shape index (κ1) is 12.1. The molecule has 1 heterocycles. The summed E-state index contributed by atoms with van der Waals surface area (Å²) in [6, 6.07) is 0.833. The van der Waals surface area contributed by atoms with Crippen molar-refractivity contribution >= 4 is 23.5 Å². The lowest BCUT2D eigenvalue weighted by Crippen LogP contribution is -2.31. The molecule has 1 saturated heterocycles. The highest BCUT2D eigenvalue weighted by Crippen LogP contribution is 2.30. The smallest absolute Gasteiger partial charge is 0.00781 e. The molecular weight excluding hydrogens is 222 g/mol. The molecule has 2 rings (SSSR count). The van der Waals surface area contributed by atoms with Crippen LogP contribution in [0.2, 0.25) is 0 Å². The van der Waals surface area contributed by atoms with Crippen LogP contribution in [0.5, 0.6) is 0 Å². The van der Waals surface area contributed by atoms with Gasteiger partial charge in [-0.05, 0) is 55.4 Å². The molecule has 1 N–H and O–H groups in total. The minimum absolute atomic E-state index is 0.833. The summed E-state index contributed by atoms with van der Waals surface area (Å²) in [5.41, 5.74) is 0. The maximum absolute atomic E-state index is 3.79. The van der Waals surface area contributed by atoms with Crippen LogP contribution in [0.15, 0.2) is 0 Å². The molecule has 88 valence electrons. The minimum Gasteiger partial charge on any atom is -0.314 e. The number of hydrogen-bond donors (Lipinski definition) is 1. The molecule has 3 atom stereocenters. The van der Waals surface area contributed by atoms with Crippen molar-refractivity contribution in [2.24, 2.45) is 5.92 Å². The first-order valence-electron chi connectivity index (χ1n) is 6.31. The third-order valence-corrected chi connectivity index (χ3v) is 5.97. The van der Waals surface area contributed by atoms with E-state index in [9.17, 15) is 0 Å². The second-order valence-electron chi connectivity index (χ2n) is 4.73. The second kappa shape index (κ2) is 6.41. The van der Waals surface area contributed by atoms with Gasteiger partial charge in [-0.2, -0.15) is 23.5 Å². The van der Waals surface area contributed by atoms with Gasteiger partial charge in [-0.15, -0.1) is 0 Å². The summed E-state index contributed by atoms with van der Waals surface area (Å²) in [5, 5.41) is 4.73. The standard InChI is InChI=1S/C12H23NS2/c1-2-15-12-4-3-11(7-12)13-8-10-5-6-14-9-10/h10-13H,2-9H2,1H3/t10-,11+,12-/m1/s1. The first-order chi connectivity index (χ1) is 7.38. The lowest BCUT2D eigenvalue weighted by Gasteiger charge is -2.16. The van der Waals surface area contributed by atoms with Gasteiger partial charge in [-0.25, -0.2) is 0 Å². The van der Waals surface area contributed by atoms with Crippen LogP contribution in [0.1, 0.15) is 32.6 Å². The van der Waals surface area contributed by atoms with E-state index in [0.29, 0.717) is 0 Å². The Balaban J connectivity index is 1.59. The van der Waals surface area contributed by atoms with E-state index in [4.69, 9.17) is 0 Å². The molecule has 0 aromatic rings. The average molecular weight is 245 g/mol. The van der Waals surface area contributed by atoms with Crippen LogP contribution in [-0.4, -0.2) is 35.1 Å². The molecule has 0 spiro atoms. The van der Waals surface area contributed by atoms with E-state index in [1.165, 1.54) is 49.5 Å². The van der Waals surface area contributed by atoms with Crippen molar-refractivity contribution in [1.29, 1.82) is 0 Å². The number of nitrogens with one attached hydrogen (secondary N) is 1. The predicted octanol–water partition coefficient (Wildman–Crippen LogP) is 3.00. The number of rotatable bonds is 5. The topological polar surface area (TPSA) is 12.0 Å². The molecule has 1 aliphatic carbocycles. The van der Waals surface area contributed by atoms with Crippen molar-refractivity contribution in [3.8, 4) is 0 Å². The predicted molar refractivity (Wildman–Crippen MR) is 73.0 cm³/mol. The zero-order valence-electron chi connectivity index (χ0n) is 9.71. The zero-order chi connectivity index (χ0) is 10.5. The normalized spacial score (nSPS) is 36.2. The van der Waals surface area contributed by atoms with E-state index < -0.39 is 0 Å². The summed E-state index contributed by atoms with van der Waals surface area (Å²) in [6.07, 6.45) is 5.71. The Hall–Kier alpha value is 0.660. The third-order valence-electron chi connectivity index (χ3n) is 3.51. The Bertz CT molecular complexity index is 180. The van der Waals surface area contributed by atoms with Crippen LogP contribution in [0.3, 0.4) is 0 Å². The first-order valence-corrected chi connectivity index (χ1v) is 8.51. The monoisotopic (exact) mass is 245 g/mol. The Kier molecular flexibility index (Phi) is 5.18. The van der Waals surface area contributed by atoms with E-state index in [-0.39, 0.29) is 0 Å². The largest absolute Gasteiger partial charge is 0.314 e. The molecule has 1 saturated carbocycles. The molecular formula is C12H23NS2. The van der Waals surface area contributed by atoms with Gasteiger partial charge in [0.15, 0.2) is 0 Å². The van der Waals surface area contributed by atoms with Crippen LogP contribution in [0.25, 0.3) is 0 Å². The highest BCUT2D eigenvalue weighted by atomic mass is 32.2. The Morgan fingerprint density at radius 3 is 3.00 bits per heavy atom. The highest BCUT2D eigenvalue weighted by Gasteiger charge is 2.25. The van der Waals surface area contributed by atoms with Crippen molar-refractivity contribution in [2.75, 3.05) is 23.8 Å². The zero-order valence-corrected chi connectivity index (χ0v) is 11.3. The van der Waals surface area contributed by atoms with Crippen molar-refractivity contribution in [3.63, 3.8) is 0 Å². The van der Waals surface area contributed by atoms with Crippen LogP contribution < -0.4 is 5.32 Å². The van der Waals surface area contributed by atoms with E-state index in [1.54, 1.807) is 0 Å². The molecule has 0 aromatic heterocycles. The molecule has 0 aromatic carbocycles. The summed E-state index contributed by atoms with van der Waals surface area (Å²) < 4.78 is 0. The lowest BCUT2D eigenvalue weighted by molar-refractivity contribution is 0.455. The fourth-order valence-electron chi connectivity index (χ4n) is 2.59. The fraction of sp³-hybridized carbons (Fsp3) is 1.00. The Morgan fingerprint density at radius 2 is 2.27 bits per heavy atom. The fourth-order valence-corrected chi connectivity index (χ4v) is 5.02. The van der Waals surface area contributed by atoms with Gasteiger partial charge in [0.2, 0.25) is 0 Å². The lowest BCUT2D eigenvalue weighted by atomic mass is 10.1. The van der Waals surface area contributed by atoms with Gasteiger partial charge < -0.3 is 5.32 Å². The molecule has 0 amide bonds. The van der Waals surface area contributed by atoms with Crippen LogP contribution >= 0.6 is 23.5 Å². The molecule has 15 heavy (non-hydrogen) atoms. The molecule has 0 unspecified atom stereocenters. The molecule has 0 radical (unpaired) electrons. The summed E-state index contributed by atoms with van der Waals surface area (Å²) in [6.45, 7) is 3.56. The molecule has 0 bridgehead atoms. The summed E-state index contributed by atoms with van der Waals surface area (Å²) in [5.74, 6) is 5.04. The average Bonchev–Trinajstić information content (AvgIpc) is 2.85. The maximum Gasteiger partial charge on any atom is 0.00781 e. The van der Waals surface area contributed by atoms with Gasteiger partial charge in [0.05, 0.1) is 0 Å². The van der Waals surface area contributed by atoms with Gasteiger partial charge in [-0.1, -0.05) is 6.92 Å². The van der Waals surface area contributed by atoms with Crippen LogP contribution in [-0.2, 0) is 0 Å². The quantitative estimate of drug-likeness (QED) is 0.800. The molecule has 1 nitrogen and oxygen atoms in total. The molecule has 1 aliphatic heterocycles. The van der Waals surface area contributed by atoms with Gasteiger partial charge in [0.1, 0.15) is 0 Å². The Morgan fingerprint density at radius 1 is 1.33 bits per heavy atom. The number of thioether (sulfide) groups is 2. The van der Waals surface area contributed by atoms with Crippen LogP contribution in [0, 0.1) is 5.92 Å².